The molecular weight excluding hydrogens is 305 g/mol. The van der Waals surface area contributed by atoms with Gasteiger partial charge in [-0.25, -0.2) is 8.78 Å². The number of rotatable bonds is 4. The number of benzene rings is 2. The molecule has 0 amide bonds. The Morgan fingerprint density at radius 3 is 2.35 bits per heavy atom. The van der Waals surface area contributed by atoms with Crippen LogP contribution in [-0.2, 0) is 17.6 Å². The summed E-state index contributed by atoms with van der Waals surface area (Å²) >= 11 is 11.5. The van der Waals surface area contributed by atoms with Crippen molar-refractivity contribution in [3.05, 3.63) is 69.2 Å². The van der Waals surface area contributed by atoms with E-state index < -0.39 is 11.6 Å². The first-order valence-electron chi connectivity index (χ1n) is 5.86. The van der Waals surface area contributed by atoms with Crippen LogP contribution in [0.1, 0.15) is 11.1 Å². The van der Waals surface area contributed by atoms with Crippen molar-refractivity contribution in [2.24, 2.45) is 0 Å². The van der Waals surface area contributed by atoms with E-state index in [4.69, 9.17) is 23.2 Å². The summed E-state index contributed by atoms with van der Waals surface area (Å²) in [6.07, 6.45) is -0.0643. The molecule has 0 aromatic heterocycles. The topological polar surface area (TPSA) is 17.1 Å². The van der Waals surface area contributed by atoms with Crippen LogP contribution in [0.25, 0.3) is 0 Å². The third-order valence-corrected chi connectivity index (χ3v) is 3.46. The number of carbonyl (C=O) groups is 1. The Morgan fingerprint density at radius 2 is 1.70 bits per heavy atom. The SMILES string of the molecule is O=C(Cc1ccc(F)c(Cl)c1)Cc1c(F)cccc1Cl. The molecule has 0 radical (unpaired) electrons. The monoisotopic (exact) mass is 314 g/mol. The maximum atomic E-state index is 13.6. The highest BCUT2D eigenvalue weighted by atomic mass is 35.5. The van der Waals surface area contributed by atoms with E-state index in [-0.39, 0.29) is 34.2 Å². The van der Waals surface area contributed by atoms with Crippen LogP contribution in [0.15, 0.2) is 36.4 Å². The summed E-state index contributed by atoms with van der Waals surface area (Å²) in [5, 5.41) is 0.176. The van der Waals surface area contributed by atoms with Gasteiger partial charge in [0.25, 0.3) is 0 Å². The number of ketones is 1. The van der Waals surface area contributed by atoms with Gasteiger partial charge in [0.15, 0.2) is 0 Å². The molecule has 0 N–H and O–H groups in total. The van der Waals surface area contributed by atoms with Crippen molar-refractivity contribution in [2.75, 3.05) is 0 Å². The van der Waals surface area contributed by atoms with Gasteiger partial charge >= 0.3 is 0 Å². The molecule has 2 aromatic carbocycles. The quantitative estimate of drug-likeness (QED) is 0.804. The van der Waals surface area contributed by atoms with Gasteiger partial charge in [-0.15, -0.1) is 0 Å². The Kier molecular flexibility index (Phi) is 4.73. The maximum absolute atomic E-state index is 13.6. The first kappa shape index (κ1) is 14.9. The van der Waals surface area contributed by atoms with Crippen molar-refractivity contribution in [3.8, 4) is 0 Å². The predicted octanol–water partition coefficient (Wildman–Crippen LogP) is 4.63. The van der Waals surface area contributed by atoms with Crippen LogP contribution in [-0.4, -0.2) is 5.78 Å². The van der Waals surface area contributed by atoms with Gasteiger partial charge < -0.3 is 0 Å². The molecule has 104 valence electrons. The molecule has 2 aromatic rings. The normalized spacial score (nSPS) is 10.6. The van der Waals surface area contributed by atoms with Crippen LogP contribution >= 0.6 is 23.2 Å². The lowest BCUT2D eigenvalue weighted by molar-refractivity contribution is -0.117. The van der Waals surface area contributed by atoms with E-state index in [2.05, 4.69) is 0 Å². The van der Waals surface area contributed by atoms with Gasteiger partial charge in [0.05, 0.1) is 5.02 Å². The Morgan fingerprint density at radius 1 is 0.950 bits per heavy atom. The van der Waals surface area contributed by atoms with Gasteiger partial charge in [0, 0.05) is 23.4 Å². The number of hydrogen-bond acceptors (Lipinski definition) is 1. The minimum Gasteiger partial charge on any atom is -0.299 e. The molecule has 0 aliphatic carbocycles. The summed E-state index contributed by atoms with van der Waals surface area (Å²) in [4.78, 5) is 11.9. The summed E-state index contributed by atoms with van der Waals surface area (Å²) in [5.74, 6) is -1.28. The highest BCUT2D eigenvalue weighted by Gasteiger charge is 2.13. The Bertz CT molecular complexity index is 636. The molecule has 20 heavy (non-hydrogen) atoms. The average molecular weight is 315 g/mol. The number of halogens is 4. The number of hydrogen-bond donors (Lipinski definition) is 0. The second-order valence-electron chi connectivity index (χ2n) is 4.34. The average Bonchev–Trinajstić information content (AvgIpc) is 2.38. The Balaban J connectivity index is 2.11. The van der Waals surface area contributed by atoms with E-state index in [0.717, 1.165) is 0 Å². The molecule has 0 atom stereocenters. The fraction of sp³-hybridized carbons (Fsp3) is 0.133. The maximum Gasteiger partial charge on any atom is 0.141 e. The molecule has 1 nitrogen and oxygen atoms in total. The predicted molar refractivity (Wildman–Crippen MR) is 75.2 cm³/mol. The van der Waals surface area contributed by atoms with Crippen molar-refractivity contribution >= 4 is 29.0 Å². The zero-order valence-corrected chi connectivity index (χ0v) is 11.8. The third kappa shape index (κ3) is 3.56. The third-order valence-electron chi connectivity index (χ3n) is 2.82. The van der Waals surface area contributed by atoms with Crippen LogP contribution < -0.4 is 0 Å². The fourth-order valence-corrected chi connectivity index (χ4v) is 2.27. The Labute approximate surface area is 125 Å². The van der Waals surface area contributed by atoms with E-state index in [0.29, 0.717) is 5.56 Å². The first-order chi connectivity index (χ1) is 9.47. The standard InChI is InChI=1S/C15H10Cl2F2O/c16-12-2-1-3-14(18)11(12)8-10(20)6-9-4-5-15(19)13(17)7-9/h1-5,7H,6,8H2. The van der Waals surface area contributed by atoms with Crippen molar-refractivity contribution in [1.82, 2.24) is 0 Å². The van der Waals surface area contributed by atoms with Crippen molar-refractivity contribution in [3.63, 3.8) is 0 Å². The lowest BCUT2D eigenvalue weighted by atomic mass is 10.0. The van der Waals surface area contributed by atoms with Gasteiger partial charge in [-0.3, -0.25) is 4.79 Å². The van der Waals surface area contributed by atoms with E-state index in [1.807, 2.05) is 0 Å². The van der Waals surface area contributed by atoms with E-state index >= 15 is 0 Å². The molecule has 0 saturated carbocycles. The van der Waals surface area contributed by atoms with E-state index in [9.17, 15) is 13.6 Å². The van der Waals surface area contributed by atoms with Crippen LogP contribution in [0.3, 0.4) is 0 Å². The molecule has 5 heteroatoms. The summed E-state index contributed by atoms with van der Waals surface area (Å²) in [6, 6.07) is 8.32. The summed E-state index contributed by atoms with van der Waals surface area (Å²) in [7, 11) is 0. The first-order valence-corrected chi connectivity index (χ1v) is 6.61. The van der Waals surface area contributed by atoms with Crippen molar-refractivity contribution in [1.29, 1.82) is 0 Å². The molecular formula is C15H10Cl2F2O. The highest BCUT2D eigenvalue weighted by molar-refractivity contribution is 6.31. The van der Waals surface area contributed by atoms with Gasteiger partial charge in [-0.2, -0.15) is 0 Å². The van der Waals surface area contributed by atoms with Crippen LogP contribution in [0, 0.1) is 11.6 Å². The molecule has 0 fully saturated rings. The van der Waals surface area contributed by atoms with Gasteiger partial charge in [0.1, 0.15) is 17.4 Å². The number of Topliss-reactive ketones (excluding diaryl/α,β-unsaturated/α-hetero) is 1. The Hall–Kier alpha value is -1.45. The molecule has 0 aliphatic heterocycles. The summed E-state index contributed by atoms with van der Waals surface area (Å²) < 4.78 is 26.6. The largest absolute Gasteiger partial charge is 0.299 e. The minimum atomic E-state index is -0.542. The zero-order chi connectivity index (χ0) is 14.7. The summed E-state index contributed by atoms with van der Waals surface area (Å²) in [6.45, 7) is 0. The molecule has 0 aliphatic rings. The van der Waals surface area contributed by atoms with Gasteiger partial charge in [0.2, 0.25) is 0 Å². The lowest BCUT2D eigenvalue weighted by Crippen LogP contribution is -2.08. The van der Waals surface area contributed by atoms with Crippen LogP contribution in [0.5, 0.6) is 0 Å². The van der Waals surface area contributed by atoms with E-state index in [1.165, 1.54) is 36.4 Å². The second kappa shape index (κ2) is 6.33. The second-order valence-corrected chi connectivity index (χ2v) is 5.16. The van der Waals surface area contributed by atoms with Crippen molar-refractivity contribution in [2.45, 2.75) is 12.8 Å². The molecule has 0 spiro atoms. The fourth-order valence-electron chi connectivity index (χ4n) is 1.84. The number of carbonyl (C=O) groups excluding carboxylic acids is 1. The molecule has 0 heterocycles. The van der Waals surface area contributed by atoms with Gasteiger partial charge in [-0.05, 0) is 29.8 Å². The molecule has 0 bridgehead atoms. The molecule has 0 unspecified atom stereocenters. The summed E-state index contributed by atoms with van der Waals surface area (Å²) in [5.41, 5.74) is 0.751. The van der Waals surface area contributed by atoms with Gasteiger partial charge in [-0.1, -0.05) is 35.3 Å². The van der Waals surface area contributed by atoms with Crippen molar-refractivity contribution < 1.29 is 13.6 Å². The lowest BCUT2D eigenvalue weighted by Gasteiger charge is -2.06. The minimum absolute atomic E-state index is 0.0424. The zero-order valence-electron chi connectivity index (χ0n) is 10.3. The van der Waals surface area contributed by atoms with E-state index in [1.54, 1.807) is 0 Å². The highest BCUT2D eigenvalue weighted by Crippen LogP contribution is 2.21. The smallest absolute Gasteiger partial charge is 0.141 e. The van der Waals surface area contributed by atoms with Crippen LogP contribution in [0.2, 0.25) is 10.0 Å². The van der Waals surface area contributed by atoms with Crippen LogP contribution in [0.4, 0.5) is 8.78 Å². The molecule has 2 rings (SSSR count). The molecule has 0 saturated heterocycles.